The third-order valence-corrected chi connectivity index (χ3v) is 4.15. The summed E-state index contributed by atoms with van der Waals surface area (Å²) in [4.78, 5) is 22.3. The number of carboxylic acid groups (broad SMARTS) is 2. The van der Waals surface area contributed by atoms with Gasteiger partial charge in [0.1, 0.15) is 18.9 Å². The molecule has 0 unspecified atom stereocenters. The highest BCUT2D eigenvalue weighted by Gasteiger charge is 2.12. The molecule has 2 aromatic carbocycles. The molecule has 0 fully saturated rings. The number of ether oxygens (including phenoxy) is 1. The lowest BCUT2D eigenvalue weighted by molar-refractivity contribution is -0.137. The minimum absolute atomic E-state index is 0.167. The second kappa shape index (κ2) is 7.78. The first-order chi connectivity index (χ1) is 12.9. The van der Waals surface area contributed by atoms with Crippen LogP contribution in [0.4, 0.5) is 0 Å². The SMILES string of the molecule is C/C(=C\c1cn(CC(=O)O)c2ccc(OCc3ccccc3)cc12)C(=O)O. The van der Waals surface area contributed by atoms with Crippen LogP contribution in [0.15, 0.2) is 60.3 Å². The zero-order valence-electron chi connectivity index (χ0n) is 14.8. The fourth-order valence-corrected chi connectivity index (χ4v) is 2.82. The number of fused-ring (bicyclic) bond motifs is 1. The maximum atomic E-state index is 11.2. The Bertz CT molecular complexity index is 1020. The Balaban J connectivity index is 1.98. The van der Waals surface area contributed by atoms with Crippen LogP contribution in [0, 0.1) is 0 Å². The summed E-state index contributed by atoms with van der Waals surface area (Å²) in [6.07, 6.45) is 3.18. The number of rotatable bonds is 7. The van der Waals surface area contributed by atoms with Crippen molar-refractivity contribution in [3.8, 4) is 5.75 Å². The molecule has 0 radical (unpaired) electrons. The molecular weight excluding hydrogens is 346 g/mol. The fraction of sp³-hybridized carbons (Fsp3) is 0.143. The number of carbonyl (C=O) groups is 2. The van der Waals surface area contributed by atoms with Gasteiger partial charge in [-0.3, -0.25) is 4.79 Å². The molecule has 0 atom stereocenters. The number of carboxylic acids is 2. The summed E-state index contributed by atoms with van der Waals surface area (Å²) in [6, 6.07) is 15.1. The number of aliphatic carboxylic acids is 2. The van der Waals surface area contributed by atoms with Crippen LogP contribution in [0.2, 0.25) is 0 Å². The highest BCUT2D eigenvalue weighted by Crippen LogP contribution is 2.28. The Morgan fingerprint density at radius 3 is 2.52 bits per heavy atom. The number of aromatic nitrogens is 1. The van der Waals surface area contributed by atoms with Crippen molar-refractivity contribution in [2.24, 2.45) is 0 Å². The molecule has 0 saturated carbocycles. The number of nitrogens with zero attached hydrogens (tertiary/aromatic N) is 1. The summed E-state index contributed by atoms with van der Waals surface area (Å²) in [5.41, 5.74) is 2.54. The summed E-state index contributed by atoms with van der Waals surface area (Å²) >= 11 is 0. The van der Waals surface area contributed by atoms with Crippen molar-refractivity contribution < 1.29 is 24.5 Å². The van der Waals surface area contributed by atoms with Crippen LogP contribution in [0.25, 0.3) is 17.0 Å². The lowest BCUT2D eigenvalue weighted by atomic mass is 10.1. The second-order valence-electron chi connectivity index (χ2n) is 6.19. The van der Waals surface area contributed by atoms with E-state index in [4.69, 9.17) is 14.9 Å². The van der Waals surface area contributed by atoms with Crippen molar-refractivity contribution in [1.82, 2.24) is 4.57 Å². The Hall–Kier alpha value is -3.54. The summed E-state index contributed by atoms with van der Waals surface area (Å²) in [7, 11) is 0. The van der Waals surface area contributed by atoms with Gasteiger partial charge in [0.15, 0.2) is 0 Å². The highest BCUT2D eigenvalue weighted by atomic mass is 16.5. The molecule has 0 amide bonds. The second-order valence-corrected chi connectivity index (χ2v) is 6.19. The lowest BCUT2D eigenvalue weighted by Gasteiger charge is -2.07. The van der Waals surface area contributed by atoms with Gasteiger partial charge < -0.3 is 19.5 Å². The van der Waals surface area contributed by atoms with Gasteiger partial charge in [-0.2, -0.15) is 0 Å². The van der Waals surface area contributed by atoms with Gasteiger partial charge in [0.2, 0.25) is 0 Å². The van der Waals surface area contributed by atoms with Crippen molar-refractivity contribution >= 4 is 28.9 Å². The molecule has 0 bridgehead atoms. The summed E-state index contributed by atoms with van der Waals surface area (Å²) in [6.45, 7) is 1.70. The zero-order chi connectivity index (χ0) is 19.4. The molecule has 138 valence electrons. The van der Waals surface area contributed by atoms with Crippen molar-refractivity contribution in [2.45, 2.75) is 20.1 Å². The van der Waals surface area contributed by atoms with E-state index in [0.717, 1.165) is 10.9 Å². The van der Waals surface area contributed by atoms with Crippen LogP contribution in [-0.4, -0.2) is 26.7 Å². The Morgan fingerprint density at radius 1 is 1.11 bits per heavy atom. The van der Waals surface area contributed by atoms with Crippen LogP contribution in [-0.2, 0) is 22.7 Å². The van der Waals surface area contributed by atoms with Crippen LogP contribution in [0.5, 0.6) is 5.75 Å². The van der Waals surface area contributed by atoms with Gasteiger partial charge in [0.25, 0.3) is 0 Å². The quantitative estimate of drug-likeness (QED) is 0.622. The van der Waals surface area contributed by atoms with Gasteiger partial charge in [0.05, 0.1) is 0 Å². The first kappa shape index (κ1) is 18.3. The van der Waals surface area contributed by atoms with Gasteiger partial charge >= 0.3 is 11.9 Å². The predicted octanol–water partition coefficient (Wildman–Crippen LogP) is 3.79. The smallest absolute Gasteiger partial charge is 0.331 e. The molecule has 27 heavy (non-hydrogen) atoms. The van der Waals surface area contributed by atoms with E-state index in [9.17, 15) is 9.59 Å². The molecule has 0 saturated heterocycles. The molecule has 0 aliphatic rings. The molecule has 6 nitrogen and oxygen atoms in total. The highest BCUT2D eigenvalue weighted by molar-refractivity contribution is 5.97. The van der Waals surface area contributed by atoms with Gasteiger partial charge in [-0.05, 0) is 36.8 Å². The molecule has 3 aromatic rings. The van der Waals surface area contributed by atoms with E-state index in [1.54, 1.807) is 29.0 Å². The Morgan fingerprint density at radius 2 is 1.85 bits per heavy atom. The van der Waals surface area contributed by atoms with E-state index in [1.807, 2.05) is 30.3 Å². The van der Waals surface area contributed by atoms with Crippen LogP contribution < -0.4 is 4.74 Å². The first-order valence-corrected chi connectivity index (χ1v) is 8.37. The molecule has 0 aliphatic carbocycles. The average Bonchev–Trinajstić information content (AvgIpc) is 2.97. The van der Waals surface area contributed by atoms with Crippen molar-refractivity contribution in [3.63, 3.8) is 0 Å². The minimum atomic E-state index is -1.02. The van der Waals surface area contributed by atoms with Gasteiger partial charge in [-0.15, -0.1) is 0 Å². The molecular formula is C21H19NO5. The van der Waals surface area contributed by atoms with Crippen LogP contribution in [0.3, 0.4) is 0 Å². The summed E-state index contributed by atoms with van der Waals surface area (Å²) in [5.74, 6) is -1.37. The zero-order valence-corrected chi connectivity index (χ0v) is 14.8. The van der Waals surface area contributed by atoms with E-state index in [1.165, 1.54) is 13.0 Å². The van der Waals surface area contributed by atoms with E-state index < -0.39 is 11.9 Å². The largest absolute Gasteiger partial charge is 0.489 e. The molecule has 6 heteroatoms. The third-order valence-electron chi connectivity index (χ3n) is 4.15. The summed E-state index contributed by atoms with van der Waals surface area (Å²) < 4.78 is 7.42. The standard InChI is InChI=1S/C21H19NO5/c1-14(21(25)26)9-16-11-22(12-20(23)24)19-8-7-17(10-18(16)19)27-13-15-5-3-2-4-6-15/h2-11H,12-13H2,1H3,(H,23,24)(H,25,26)/b14-9+. The maximum absolute atomic E-state index is 11.2. The van der Waals surface area contributed by atoms with Gasteiger partial charge in [-0.25, -0.2) is 4.79 Å². The van der Waals surface area contributed by atoms with Crippen molar-refractivity contribution in [3.05, 3.63) is 71.4 Å². The third kappa shape index (κ3) is 4.36. The van der Waals surface area contributed by atoms with E-state index in [2.05, 4.69) is 0 Å². The molecule has 0 spiro atoms. The minimum Gasteiger partial charge on any atom is -0.489 e. The maximum Gasteiger partial charge on any atom is 0.331 e. The number of hydrogen-bond donors (Lipinski definition) is 2. The summed E-state index contributed by atoms with van der Waals surface area (Å²) in [5, 5.41) is 19.0. The molecule has 1 heterocycles. The van der Waals surface area contributed by atoms with E-state index >= 15 is 0 Å². The van der Waals surface area contributed by atoms with Gasteiger partial charge in [0, 0.05) is 28.2 Å². The van der Waals surface area contributed by atoms with E-state index in [0.29, 0.717) is 23.4 Å². The van der Waals surface area contributed by atoms with Crippen molar-refractivity contribution in [2.75, 3.05) is 0 Å². The topological polar surface area (TPSA) is 88.8 Å². The van der Waals surface area contributed by atoms with Crippen LogP contribution >= 0.6 is 0 Å². The van der Waals surface area contributed by atoms with Crippen molar-refractivity contribution in [1.29, 1.82) is 0 Å². The molecule has 2 N–H and O–H groups in total. The number of hydrogen-bond acceptors (Lipinski definition) is 3. The lowest BCUT2D eigenvalue weighted by Crippen LogP contribution is -2.07. The normalized spacial score (nSPS) is 11.5. The molecule has 1 aromatic heterocycles. The first-order valence-electron chi connectivity index (χ1n) is 8.37. The monoisotopic (exact) mass is 365 g/mol. The van der Waals surface area contributed by atoms with Gasteiger partial charge in [-0.1, -0.05) is 30.3 Å². The van der Waals surface area contributed by atoms with Crippen LogP contribution in [0.1, 0.15) is 18.1 Å². The molecule has 0 aliphatic heterocycles. The average molecular weight is 365 g/mol. The molecule has 3 rings (SSSR count). The number of benzene rings is 2. The van der Waals surface area contributed by atoms with E-state index in [-0.39, 0.29) is 12.1 Å². The Kier molecular flexibility index (Phi) is 5.26. The fourth-order valence-electron chi connectivity index (χ4n) is 2.82. The predicted molar refractivity (Wildman–Crippen MR) is 102 cm³/mol. The Labute approximate surface area is 155 Å².